The second kappa shape index (κ2) is 3.75. The quantitative estimate of drug-likeness (QED) is 0.578. The van der Waals surface area contributed by atoms with Crippen LogP contribution in [0.3, 0.4) is 0 Å². The van der Waals surface area contributed by atoms with Crippen LogP contribution in [0.1, 0.15) is 13.3 Å². The number of nitrogens with zero attached hydrogens (tertiary/aromatic N) is 2. The molecule has 1 aromatic heterocycles. The topological polar surface area (TPSA) is 79.6 Å². The molecule has 12 heavy (non-hydrogen) atoms. The van der Waals surface area contributed by atoms with E-state index in [9.17, 15) is 0 Å². The molecule has 0 aliphatic heterocycles. The highest BCUT2D eigenvalue weighted by Crippen LogP contribution is 2.03. The number of nitrogens with two attached hydrogens (primary N) is 1. The molecule has 0 spiro atoms. The van der Waals surface area contributed by atoms with Gasteiger partial charge in [0.25, 0.3) is 0 Å². The first-order valence-electron chi connectivity index (χ1n) is 3.77. The summed E-state index contributed by atoms with van der Waals surface area (Å²) in [4.78, 5) is 3.90. The van der Waals surface area contributed by atoms with Crippen molar-refractivity contribution in [3.63, 3.8) is 0 Å². The van der Waals surface area contributed by atoms with Crippen molar-refractivity contribution in [3.8, 4) is 0 Å². The maximum atomic E-state index is 5.34. The van der Waals surface area contributed by atoms with Crippen molar-refractivity contribution >= 4 is 11.9 Å². The SMILES string of the molecule is C=CCC(C)Nc1n[nH]c(N)n1. The molecule has 0 saturated carbocycles. The van der Waals surface area contributed by atoms with E-state index in [4.69, 9.17) is 5.73 Å². The first kappa shape index (κ1) is 8.58. The van der Waals surface area contributed by atoms with Gasteiger partial charge in [-0.15, -0.1) is 11.7 Å². The third kappa shape index (κ3) is 2.26. The second-order valence-corrected chi connectivity index (χ2v) is 2.61. The van der Waals surface area contributed by atoms with Gasteiger partial charge in [0.15, 0.2) is 0 Å². The maximum absolute atomic E-state index is 5.34. The predicted molar refractivity (Wildman–Crippen MR) is 48.7 cm³/mol. The Morgan fingerprint density at radius 2 is 2.58 bits per heavy atom. The van der Waals surface area contributed by atoms with E-state index in [1.54, 1.807) is 0 Å². The van der Waals surface area contributed by atoms with Gasteiger partial charge in [0.05, 0.1) is 0 Å². The van der Waals surface area contributed by atoms with Crippen LogP contribution in [0.2, 0.25) is 0 Å². The lowest BCUT2D eigenvalue weighted by Gasteiger charge is -2.07. The second-order valence-electron chi connectivity index (χ2n) is 2.61. The van der Waals surface area contributed by atoms with Crippen LogP contribution in [0, 0.1) is 0 Å². The zero-order valence-electron chi connectivity index (χ0n) is 7.04. The summed E-state index contributed by atoms with van der Waals surface area (Å²) in [6.45, 7) is 5.66. The molecule has 66 valence electrons. The van der Waals surface area contributed by atoms with E-state index in [1.165, 1.54) is 0 Å². The molecule has 1 rings (SSSR count). The van der Waals surface area contributed by atoms with E-state index in [-0.39, 0.29) is 6.04 Å². The fourth-order valence-electron chi connectivity index (χ4n) is 0.868. The van der Waals surface area contributed by atoms with Gasteiger partial charge in [0.2, 0.25) is 11.9 Å². The lowest BCUT2D eigenvalue weighted by molar-refractivity contribution is 0.800. The van der Waals surface area contributed by atoms with Crippen LogP contribution < -0.4 is 11.1 Å². The zero-order chi connectivity index (χ0) is 8.97. The number of hydrogen-bond donors (Lipinski definition) is 3. The fraction of sp³-hybridized carbons (Fsp3) is 0.429. The van der Waals surface area contributed by atoms with Gasteiger partial charge in [-0.25, -0.2) is 5.10 Å². The number of rotatable bonds is 4. The molecule has 5 nitrogen and oxygen atoms in total. The molecule has 1 unspecified atom stereocenters. The van der Waals surface area contributed by atoms with Crippen LogP contribution in [-0.4, -0.2) is 21.2 Å². The maximum Gasteiger partial charge on any atom is 0.243 e. The summed E-state index contributed by atoms with van der Waals surface area (Å²) in [6, 6.07) is 0.276. The smallest absolute Gasteiger partial charge is 0.243 e. The number of hydrogen-bond acceptors (Lipinski definition) is 4. The molecule has 0 saturated heterocycles. The highest BCUT2D eigenvalue weighted by molar-refractivity contribution is 5.30. The minimum atomic E-state index is 0.276. The zero-order valence-corrected chi connectivity index (χ0v) is 7.04. The van der Waals surface area contributed by atoms with Gasteiger partial charge in [-0.05, 0) is 13.3 Å². The lowest BCUT2D eigenvalue weighted by Crippen LogP contribution is -2.14. The Kier molecular flexibility index (Phi) is 2.68. The Hall–Kier alpha value is -1.52. The minimum absolute atomic E-state index is 0.276. The van der Waals surface area contributed by atoms with Crippen LogP contribution in [0.5, 0.6) is 0 Å². The van der Waals surface area contributed by atoms with Crippen molar-refractivity contribution in [1.29, 1.82) is 0 Å². The van der Waals surface area contributed by atoms with Crippen LogP contribution in [0.25, 0.3) is 0 Å². The summed E-state index contributed by atoms with van der Waals surface area (Å²) in [7, 11) is 0. The Labute approximate surface area is 71.1 Å². The number of aromatic nitrogens is 3. The Bertz CT molecular complexity index is 254. The minimum Gasteiger partial charge on any atom is -0.368 e. The number of H-pyrrole nitrogens is 1. The highest BCUT2D eigenvalue weighted by Gasteiger charge is 2.02. The summed E-state index contributed by atoms with van der Waals surface area (Å²) in [5, 5.41) is 9.43. The third-order valence-electron chi connectivity index (χ3n) is 1.40. The van der Waals surface area contributed by atoms with Crippen molar-refractivity contribution in [2.75, 3.05) is 11.1 Å². The molecular weight excluding hydrogens is 154 g/mol. The van der Waals surface area contributed by atoms with Crippen molar-refractivity contribution in [1.82, 2.24) is 15.2 Å². The first-order chi connectivity index (χ1) is 5.72. The Balaban J connectivity index is 2.46. The average molecular weight is 167 g/mol. The third-order valence-corrected chi connectivity index (χ3v) is 1.40. The molecule has 0 aromatic carbocycles. The average Bonchev–Trinajstić information content (AvgIpc) is 2.36. The monoisotopic (exact) mass is 167 g/mol. The molecule has 4 N–H and O–H groups in total. The molecule has 0 amide bonds. The molecule has 0 radical (unpaired) electrons. The number of nitrogens with one attached hydrogen (secondary N) is 2. The Morgan fingerprint density at radius 3 is 3.08 bits per heavy atom. The largest absolute Gasteiger partial charge is 0.368 e. The van der Waals surface area contributed by atoms with Gasteiger partial charge in [-0.1, -0.05) is 6.08 Å². The lowest BCUT2D eigenvalue weighted by atomic mass is 10.2. The van der Waals surface area contributed by atoms with Gasteiger partial charge >= 0.3 is 0 Å². The first-order valence-corrected chi connectivity index (χ1v) is 3.77. The van der Waals surface area contributed by atoms with Crippen LogP contribution in [-0.2, 0) is 0 Å². The van der Waals surface area contributed by atoms with Crippen LogP contribution in [0.4, 0.5) is 11.9 Å². The van der Waals surface area contributed by atoms with Crippen LogP contribution in [0.15, 0.2) is 12.7 Å². The van der Waals surface area contributed by atoms with E-state index in [1.807, 2.05) is 13.0 Å². The fourth-order valence-corrected chi connectivity index (χ4v) is 0.868. The van der Waals surface area contributed by atoms with Crippen molar-refractivity contribution in [2.45, 2.75) is 19.4 Å². The molecule has 0 fully saturated rings. The van der Waals surface area contributed by atoms with E-state index >= 15 is 0 Å². The van der Waals surface area contributed by atoms with Crippen LogP contribution >= 0.6 is 0 Å². The summed E-state index contributed by atoms with van der Waals surface area (Å²) >= 11 is 0. The molecular formula is C7H13N5. The summed E-state index contributed by atoms with van der Waals surface area (Å²) < 4.78 is 0. The number of aromatic amines is 1. The van der Waals surface area contributed by atoms with Crippen molar-refractivity contribution in [3.05, 3.63) is 12.7 Å². The molecule has 1 aromatic rings. The molecule has 1 heterocycles. The summed E-state index contributed by atoms with van der Waals surface area (Å²) in [5.74, 6) is 0.852. The van der Waals surface area contributed by atoms with Gasteiger partial charge in [0.1, 0.15) is 0 Å². The summed E-state index contributed by atoms with van der Waals surface area (Å²) in [6.07, 6.45) is 2.71. The molecule has 0 bridgehead atoms. The van der Waals surface area contributed by atoms with Gasteiger partial charge < -0.3 is 11.1 Å². The van der Waals surface area contributed by atoms with E-state index < -0.39 is 0 Å². The summed E-state index contributed by atoms with van der Waals surface area (Å²) in [5.41, 5.74) is 5.34. The molecule has 1 atom stereocenters. The van der Waals surface area contributed by atoms with E-state index in [0.717, 1.165) is 6.42 Å². The van der Waals surface area contributed by atoms with Crippen molar-refractivity contribution in [2.24, 2.45) is 0 Å². The molecule has 5 heteroatoms. The molecule has 0 aliphatic rings. The number of anilines is 2. The Morgan fingerprint density at radius 1 is 1.83 bits per heavy atom. The van der Waals surface area contributed by atoms with E-state index in [2.05, 4.69) is 27.1 Å². The normalized spacial score (nSPS) is 12.4. The molecule has 0 aliphatic carbocycles. The predicted octanol–water partition coefficient (Wildman–Crippen LogP) is 0.763. The standard InChI is InChI=1S/C7H13N5/c1-3-4-5(2)9-7-10-6(8)11-12-7/h3,5H,1,4H2,2H3,(H4,8,9,10,11,12). The van der Waals surface area contributed by atoms with Gasteiger partial charge in [-0.3, -0.25) is 0 Å². The van der Waals surface area contributed by atoms with E-state index in [0.29, 0.717) is 11.9 Å². The number of nitrogen functional groups attached to an aromatic ring is 1. The highest BCUT2D eigenvalue weighted by atomic mass is 15.3. The van der Waals surface area contributed by atoms with Gasteiger partial charge in [-0.2, -0.15) is 4.98 Å². The van der Waals surface area contributed by atoms with Crippen molar-refractivity contribution < 1.29 is 0 Å². The van der Waals surface area contributed by atoms with Gasteiger partial charge in [0, 0.05) is 6.04 Å².